The highest BCUT2D eigenvalue weighted by atomic mass is 16.6. The third kappa shape index (κ3) is 5.14. The summed E-state index contributed by atoms with van der Waals surface area (Å²) in [7, 11) is 0. The molecular formula is C17H28O6. The minimum Gasteiger partial charge on any atom is -0.463 e. The van der Waals surface area contributed by atoms with Crippen LogP contribution in [-0.4, -0.2) is 60.4 Å². The SMILES string of the molecule is O=C(OCC(O)COCC1CCC2OC2C1)C1CCCC(O)C1. The highest BCUT2D eigenvalue weighted by molar-refractivity contribution is 5.72. The van der Waals surface area contributed by atoms with Gasteiger partial charge in [-0.3, -0.25) is 4.79 Å². The van der Waals surface area contributed by atoms with Gasteiger partial charge in [0.25, 0.3) is 0 Å². The lowest BCUT2D eigenvalue weighted by atomic mass is 9.87. The minimum atomic E-state index is -0.791. The number of epoxide rings is 1. The van der Waals surface area contributed by atoms with E-state index in [1.807, 2.05) is 0 Å². The Labute approximate surface area is 137 Å². The van der Waals surface area contributed by atoms with Gasteiger partial charge >= 0.3 is 5.97 Å². The zero-order valence-corrected chi connectivity index (χ0v) is 13.6. The van der Waals surface area contributed by atoms with E-state index in [9.17, 15) is 15.0 Å². The first kappa shape index (κ1) is 17.1. The van der Waals surface area contributed by atoms with Gasteiger partial charge in [-0.25, -0.2) is 0 Å². The highest BCUT2D eigenvalue weighted by Gasteiger charge is 2.43. The molecule has 6 nitrogen and oxygen atoms in total. The summed E-state index contributed by atoms with van der Waals surface area (Å²) in [6, 6.07) is 0. The molecule has 0 aromatic heterocycles. The van der Waals surface area contributed by atoms with Crippen molar-refractivity contribution in [1.29, 1.82) is 0 Å². The van der Waals surface area contributed by atoms with E-state index in [4.69, 9.17) is 14.2 Å². The smallest absolute Gasteiger partial charge is 0.309 e. The van der Waals surface area contributed by atoms with E-state index in [2.05, 4.69) is 0 Å². The Morgan fingerprint density at radius 1 is 1.13 bits per heavy atom. The van der Waals surface area contributed by atoms with Crippen LogP contribution in [0.1, 0.15) is 44.9 Å². The van der Waals surface area contributed by atoms with Crippen molar-refractivity contribution in [1.82, 2.24) is 0 Å². The van der Waals surface area contributed by atoms with Crippen LogP contribution in [0.5, 0.6) is 0 Å². The molecular weight excluding hydrogens is 300 g/mol. The molecule has 3 rings (SSSR count). The van der Waals surface area contributed by atoms with Gasteiger partial charge in [0.2, 0.25) is 0 Å². The first-order chi connectivity index (χ1) is 11.1. The predicted octanol–water partition coefficient (Wildman–Crippen LogP) is 1.03. The van der Waals surface area contributed by atoms with Crippen molar-refractivity contribution in [2.45, 2.75) is 69.4 Å². The van der Waals surface area contributed by atoms with Gasteiger partial charge in [-0.2, -0.15) is 0 Å². The van der Waals surface area contributed by atoms with Crippen molar-refractivity contribution < 1.29 is 29.2 Å². The Hall–Kier alpha value is -0.690. The maximum atomic E-state index is 11.9. The van der Waals surface area contributed by atoms with Gasteiger partial charge in [0, 0.05) is 6.61 Å². The molecule has 23 heavy (non-hydrogen) atoms. The van der Waals surface area contributed by atoms with Crippen LogP contribution in [0.4, 0.5) is 0 Å². The summed E-state index contributed by atoms with van der Waals surface area (Å²) in [5, 5.41) is 19.4. The lowest BCUT2D eigenvalue weighted by Crippen LogP contribution is -2.31. The number of hydrogen-bond acceptors (Lipinski definition) is 6. The molecule has 2 N–H and O–H groups in total. The van der Waals surface area contributed by atoms with E-state index in [-0.39, 0.29) is 25.1 Å². The molecule has 6 atom stereocenters. The van der Waals surface area contributed by atoms with Crippen molar-refractivity contribution in [3.05, 3.63) is 0 Å². The Morgan fingerprint density at radius 2 is 2.00 bits per heavy atom. The molecule has 0 aromatic carbocycles. The summed E-state index contributed by atoms with van der Waals surface area (Å²) >= 11 is 0. The van der Waals surface area contributed by atoms with Crippen molar-refractivity contribution in [3.8, 4) is 0 Å². The standard InChI is InChI=1S/C17H28O6/c18-13-3-1-2-12(7-13)17(20)22-10-14(19)9-21-8-11-4-5-15-16(6-11)23-15/h11-16,18-19H,1-10H2. The molecule has 1 saturated heterocycles. The molecule has 6 unspecified atom stereocenters. The highest BCUT2D eigenvalue weighted by Crippen LogP contribution is 2.39. The van der Waals surface area contributed by atoms with Crippen LogP contribution < -0.4 is 0 Å². The van der Waals surface area contributed by atoms with Gasteiger partial charge < -0.3 is 24.4 Å². The van der Waals surface area contributed by atoms with Gasteiger partial charge in [-0.05, 0) is 44.4 Å². The fourth-order valence-corrected chi connectivity index (χ4v) is 3.73. The fourth-order valence-electron chi connectivity index (χ4n) is 3.73. The minimum absolute atomic E-state index is 0.0378. The van der Waals surface area contributed by atoms with Crippen molar-refractivity contribution in [2.75, 3.05) is 19.8 Å². The number of fused-ring (bicyclic) bond motifs is 1. The number of esters is 1. The molecule has 0 amide bonds. The van der Waals surface area contributed by atoms with Crippen LogP contribution in [0.2, 0.25) is 0 Å². The molecule has 0 bridgehead atoms. The number of carbonyl (C=O) groups is 1. The van der Waals surface area contributed by atoms with Crippen LogP contribution in [-0.2, 0) is 19.0 Å². The maximum Gasteiger partial charge on any atom is 0.309 e. The number of hydrogen-bond donors (Lipinski definition) is 2. The molecule has 0 spiro atoms. The molecule has 1 heterocycles. The van der Waals surface area contributed by atoms with Crippen molar-refractivity contribution in [3.63, 3.8) is 0 Å². The van der Waals surface area contributed by atoms with E-state index in [1.54, 1.807) is 0 Å². The summed E-state index contributed by atoms with van der Waals surface area (Å²) in [4.78, 5) is 11.9. The van der Waals surface area contributed by atoms with E-state index in [0.29, 0.717) is 31.2 Å². The quantitative estimate of drug-likeness (QED) is 0.536. The zero-order valence-electron chi connectivity index (χ0n) is 13.6. The van der Waals surface area contributed by atoms with E-state index in [1.165, 1.54) is 0 Å². The Balaban J connectivity index is 1.25. The number of rotatable bonds is 7. The zero-order chi connectivity index (χ0) is 16.2. The Morgan fingerprint density at radius 3 is 2.78 bits per heavy atom. The van der Waals surface area contributed by atoms with E-state index >= 15 is 0 Å². The second kappa shape index (κ2) is 7.92. The van der Waals surface area contributed by atoms with Gasteiger partial charge in [-0.15, -0.1) is 0 Å². The fraction of sp³-hybridized carbons (Fsp3) is 0.941. The van der Waals surface area contributed by atoms with Gasteiger partial charge in [0.1, 0.15) is 12.7 Å². The van der Waals surface area contributed by atoms with Crippen LogP contribution in [0, 0.1) is 11.8 Å². The summed E-state index contributed by atoms with van der Waals surface area (Å²) in [6.45, 7) is 0.780. The molecule has 2 saturated carbocycles. The van der Waals surface area contributed by atoms with Crippen molar-refractivity contribution in [2.24, 2.45) is 11.8 Å². The van der Waals surface area contributed by atoms with E-state index in [0.717, 1.165) is 38.5 Å². The molecule has 0 aromatic rings. The lowest BCUT2D eigenvalue weighted by molar-refractivity contribution is -0.155. The van der Waals surface area contributed by atoms with Crippen LogP contribution in [0.15, 0.2) is 0 Å². The molecule has 1 aliphatic heterocycles. The van der Waals surface area contributed by atoms with Gasteiger partial charge in [-0.1, -0.05) is 6.42 Å². The number of carbonyl (C=O) groups excluding carboxylic acids is 1. The molecule has 3 fully saturated rings. The van der Waals surface area contributed by atoms with Gasteiger partial charge in [0.15, 0.2) is 0 Å². The average molecular weight is 328 g/mol. The van der Waals surface area contributed by atoms with Crippen LogP contribution in [0.3, 0.4) is 0 Å². The van der Waals surface area contributed by atoms with Crippen molar-refractivity contribution >= 4 is 5.97 Å². The number of ether oxygens (including phenoxy) is 3. The maximum absolute atomic E-state index is 11.9. The first-order valence-corrected chi connectivity index (χ1v) is 8.87. The second-order valence-corrected chi connectivity index (χ2v) is 7.23. The van der Waals surface area contributed by atoms with Crippen LogP contribution in [0.25, 0.3) is 0 Å². The first-order valence-electron chi connectivity index (χ1n) is 8.87. The van der Waals surface area contributed by atoms with Crippen LogP contribution >= 0.6 is 0 Å². The third-order valence-corrected chi connectivity index (χ3v) is 5.17. The summed E-state index contributed by atoms with van der Waals surface area (Å²) in [5.41, 5.74) is 0. The van der Waals surface area contributed by atoms with E-state index < -0.39 is 12.2 Å². The average Bonchev–Trinajstić information content (AvgIpc) is 3.31. The monoisotopic (exact) mass is 328 g/mol. The topological polar surface area (TPSA) is 88.5 Å². The molecule has 6 heteroatoms. The number of aliphatic hydroxyl groups is 2. The van der Waals surface area contributed by atoms with Gasteiger partial charge in [0.05, 0.1) is 30.8 Å². The molecule has 3 aliphatic rings. The molecule has 0 radical (unpaired) electrons. The summed E-state index contributed by atoms with van der Waals surface area (Å²) < 4.78 is 16.2. The largest absolute Gasteiger partial charge is 0.463 e. The Bertz CT molecular complexity index is 401. The second-order valence-electron chi connectivity index (χ2n) is 7.23. The lowest BCUT2D eigenvalue weighted by Gasteiger charge is -2.24. The number of aliphatic hydroxyl groups excluding tert-OH is 2. The summed E-state index contributed by atoms with van der Waals surface area (Å²) in [5.74, 6) is -0.0372. The third-order valence-electron chi connectivity index (χ3n) is 5.17. The Kier molecular flexibility index (Phi) is 5.91. The molecule has 132 valence electrons. The molecule has 2 aliphatic carbocycles. The predicted molar refractivity (Wildman–Crippen MR) is 81.8 cm³/mol. The normalized spacial score (nSPS) is 37.7. The summed E-state index contributed by atoms with van der Waals surface area (Å²) in [6.07, 6.45) is 5.87.